The molecule has 0 aliphatic rings. The molecule has 0 amide bonds. The summed E-state index contributed by atoms with van der Waals surface area (Å²) in [5.41, 5.74) is 10.3. The number of aromatic nitrogens is 3. The smallest absolute Gasteiger partial charge is 0.152 e. The largest absolute Gasteiger partial charge is 0.382 e. The van der Waals surface area contributed by atoms with Crippen molar-refractivity contribution in [3.63, 3.8) is 0 Å². The summed E-state index contributed by atoms with van der Waals surface area (Å²) in [6.45, 7) is 4.90. The average molecular weight is 359 g/mol. The van der Waals surface area contributed by atoms with Crippen LogP contribution in [0.4, 0.5) is 5.82 Å². The molecular weight excluding hydrogens is 334 g/mol. The summed E-state index contributed by atoms with van der Waals surface area (Å²) in [7, 11) is 0. The zero-order chi connectivity index (χ0) is 18.6. The van der Waals surface area contributed by atoms with Crippen molar-refractivity contribution in [2.75, 3.05) is 12.3 Å². The predicted molar refractivity (Wildman–Crippen MR) is 112 cm³/mol. The van der Waals surface area contributed by atoms with Crippen molar-refractivity contribution in [1.82, 2.24) is 19.9 Å². The number of nitrogens with two attached hydrogens (primary N) is 1. The maximum absolute atomic E-state index is 6.16. The van der Waals surface area contributed by atoms with Crippen LogP contribution >= 0.6 is 0 Å². The van der Waals surface area contributed by atoms with E-state index in [1.807, 2.05) is 31.2 Å². The zero-order valence-corrected chi connectivity index (χ0v) is 15.7. The van der Waals surface area contributed by atoms with Crippen LogP contribution in [0.3, 0.4) is 0 Å². The molecule has 0 aliphatic carbocycles. The molecule has 138 valence electrons. The predicted octanol–water partition coefficient (Wildman–Crippen LogP) is 4.05. The molecule has 0 saturated carbocycles. The van der Waals surface area contributed by atoms with Gasteiger partial charge < -0.3 is 15.6 Å². The summed E-state index contributed by atoms with van der Waals surface area (Å²) < 4.78 is 2.28. The Morgan fingerprint density at radius 3 is 2.59 bits per heavy atom. The summed E-state index contributed by atoms with van der Waals surface area (Å²) in [5, 5.41) is 4.63. The number of nitrogen functional groups attached to an aromatic ring is 1. The third kappa shape index (κ3) is 3.64. The Morgan fingerprint density at radius 2 is 1.74 bits per heavy atom. The van der Waals surface area contributed by atoms with E-state index in [-0.39, 0.29) is 0 Å². The first-order chi connectivity index (χ1) is 13.2. The average Bonchev–Trinajstić information content (AvgIpc) is 3.03. The molecule has 3 N–H and O–H groups in total. The quantitative estimate of drug-likeness (QED) is 0.489. The lowest BCUT2D eigenvalue weighted by atomic mass is 10.2. The summed E-state index contributed by atoms with van der Waals surface area (Å²) in [6, 6.07) is 18.6. The second-order valence-corrected chi connectivity index (χ2v) is 6.89. The fourth-order valence-corrected chi connectivity index (χ4v) is 3.59. The molecule has 0 atom stereocenters. The van der Waals surface area contributed by atoms with Gasteiger partial charge in [-0.25, -0.2) is 9.97 Å². The van der Waals surface area contributed by atoms with Crippen molar-refractivity contribution in [2.45, 2.75) is 32.9 Å². The van der Waals surface area contributed by atoms with Gasteiger partial charge in [0.25, 0.3) is 0 Å². The number of fused-ring (bicyclic) bond motifs is 3. The summed E-state index contributed by atoms with van der Waals surface area (Å²) in [6.07, 6.45) is 2.20. The minimum absolute atomic E-state index is 0.509. The van der Waals surface area contributed by atoms with E-state index in [2.05, 4.69) is 50.2 Å². The Balaban J connectivity index is 1.44. The number of nitrogens with one attached hydrogen (secondary N) is 1. The second kappa shape index (κ2) is 7.76. The van der Waals surface area contributed by atoms with E-state index >= 15 is 0 Å². The Morgan fingerprint density at radius 1 is 0.963 bits per heavy atom. The van der Waals surface area contributed by atoms with Gasteiger partial charge in [-0.3, -0.25) is 0 Å². The molecule has 5 nitrogen and oxygen atoms in total. The van der Waals surface area contributed by atoms with E-state index < -0.39 is 0 Å². The minimum Gasteiger partial charge on any atom is -0.382 e. The molecule has 4 rings (SSSR count). The fraction of sp³-hybridized carbons (Fsp3) is 0.273. The van der Waals surface area contributed by atoms with Crippen LogP contribution in [0, 0.1) is 6.92 Å². The lowest BCUT2D eigenvalue weighted by Gasteiger charge is -2.10. The highest BCUT2D eigenvalue weighted by atomic mass is 15.1. The first kappa shape index (κ1) is 17.5. The van der Waals surface area contributed by atoms with Gasteiger partial charge in [-0.2, -0.15) is 0 Å². The number of hydrogen-bond donors (Lipinski definition) is 2. The number of unbranched alkanes of at least 4 members (excludes halogenated alkanes) is 1. The van der Waals surface area contributed by atoms with Gasteiger partial charge >= 0.3 is 0 Å². The highest BCUT2D eigenvalue weighted by Crippen LogP contribution is 2.28. The monoisotopic (exact) mass is 359 g/mol. The topological polar surface area (TPSA) is 68.8 Å². The van der Waals surface area contributed by atoms with Crippen molar-refractivity contribution >= 4 is 27.8 Å². The molecule has 0 saturated heterocycles. The molecule has 27 heavy (non-hydrogen) atoms. The highest BCUT2D eigenvalue weighted by Gasteiger charge is 2.14. The van der Waals surface area contributed by atoms with Gasteiger partial charge in [-0.1, -0.05) is 48.5 Å². The molecule has 2 heterocycles. The van der Waals surface area contributed by atoms with Gasteiger partial charge in [-0.15, -0.1) is 0 Å². The van der Waals surface area contributed by atoms with Gasteiger partial charge in [0.1, 0.15) is 11.3 Å². The van der Waals surface area contributed by atoms with Crippen LogP contribution < -0.4 is 11.1 Å². The summed E-state index contributed by atoms with van der Waals surface area (Å²) in [4.78, 5) is 9.18. The van der Waals surface area contributed by atoms with Crippen LogP contribution in [0.5, 0.6) is 0 Å². The molecule has 0 bridgehead atoms. The maximum atomic E-state index is 6.16. The van der Waals surface area contributed by atoms with Gasteiger partial charge in [0.05, 0.1) is 11.0 Å². The van der Waals surface area contributed by atoms with Crippen molar-refractivity contribution < 1.29 is 0 Å². The van der Waals surface area contributed by atoms with Crippen molar-refractivity contribution in [2.24, 2.45) is 0 Å². The molecule has 0 spiro atoms. The van der Waals surface area contributed by atoms with E-state index in [1.165, 1.54) is 5.56 Å². The molecule has 0 radical (unpaired) electrons. The van der Waals surface area contributed by atoms with Gasteiger partial charge in [-0.05, 0) is 37.9 Å². The Hall–Kier alpha value is -2.92. The van der Waals surface area contributed by atoms with Crippen molar-refractivity contribution in [1.29, 1.82) is 0 Å². The summed E-state index contributed by atoms with van der Waals surface area (Å²) in [5.74, 6) is 1.50. The van der Waals surface area contributed by atoms with E-state index in [0.29, 0.717) is 5.82 Å². The van der Waals surface area contributed by atoms with E-state index in [9.17, 15) is 0 Å². The Kier molecular flexibility index (Phi) is 5.03. The Labute approximate surface area is 159 Å². The van der Waals surface area contributed by atoms with E-state index in [0.717, 1.165) is 60.2 Å². The van der Waals surface area contributed by atoms with Crippen LogP contribution in [0.2, 0.25) is 0 Å². The first-order valence-corrected chi connectivity index (χ1v) is 9.50. The highest BCUT2D eigenvalue weighted by molar-refractivity contribution is 6.06. The number of hydrogen-bond acceptors (Lipinski definition) is 4. The van der Waals surface area contributed by atoms with Gasteiger partial charge in [0.15, 0.2) is 5.82 Å². The van der Waals surface area contributed by atoms with Crippen molar-refractivity contribution in [3.05, 3.63) is 66.0 Å². The first-order valence-electron chi connectivity index (χ1n) is 9.50. The van der Waals surface area contributed by atoms with Crippen LogP contribution in [0.25, 0.3) is 21.9 Å². The van der Waals surface area contributed by atoms with Gasteiger partial charge in [0.2, 0.25) is 0 Å². The van der Waals surface area contributed by atoms with Gasteiger partial charge in [0, 0.05) is 18.5 Å². The molecular formula is C22H25N5. The SMILES string of the molecule is Cc1nc2c(N)nc3ccccc3c2n1CCCCNCc1ccccc1. The number of pyridine rings is 1. The standard InChI is InChI=1S/C22H25N5/c1-16-25-20-21(18-11-5-6-12-19(18)26-22(20)23)27(16)14-8-7-13-24-15-17-9-3-2-4-10-17/h2-6,9-12,24H,7-8,13-15H2,1H3,(H2,23,26). The zero-order valence-electron chi connectivity index (χ0n) is 15.7. The lowest BCUT2D eigenvalue weighted by Crippen LogP contribution is -2.15. The Bertz CT molecular complexity index is 1050. The van der Waals surface area contributed by atoms with E-state index in [1.54, 1.807) is 0 Å². The number of nitrogens with zero attached hydrogens (tertiary/aromatic N) is 3. The molecule has 4 aromatic rings. The van der Waals surface area contributed by atoms with Crippen LogP contribution in [0.15, 0.2) is 54.6 Å². The number of benzene rings is 2. The molecule has 2 aromatic heterocycles. The third-order valence-electron chi connectivity index (χ3n) is 4.96. The molecule has 0 fully saturated rings. The molecule has 2 aromatic carbocycles. The number of rotatable bonds is 7. The van der Waals surface area contributed by atoms with Crippen molar-refractivity contribution in [3.8, 4) is 0 Å². The number of anilines is 1. The molecule has 0 unspecified atom stereocenters. The number of para-hydroxylation sites is 1. The second-order valence-electron chi connectivity index (χ2n) is 6.89. The normalized spacial score (nSPS) is 11.4. The molecule has 0 aliphatic heterocycles. The number of aryl methyl sites for hydroxylation is 2. The summed E-state index contributed by atoms with van der Waals surface area (Å²) >= 11 is 0. The fourth-order valence-electron chi connectivity index (χ4n) is 3.59. The maximum Gasteiger partial charge on any atom is 0.152 e. The molecule has 5 heteroatoms. The lowest BCUT2D eigenvalue weighted by molar-refractivity contribution is 0.569. The van der Waals surface area contributed by atoms with Crippen LogP contribution in [-0.2, 0) is 13.1 Å². The van der Waals surface area contributed by atoms with Crippen LogP contribution in [0.1, 0.15) is 24.2 Å². The van der Waals surface area contributed by atoms with Crippen LogP contribution in [-0.4, -0.2) is 21.1 Å². The third-order valence-corrected chi connectivity index (χ3v) is 4.96. The number of imidazole rings is 1. The minimum atomic E-state index is 0.509. The van der Waals surface area contributed by atoms with E-state index in [4.69, 9.17) is 5.73 Å².